The molecule has 1 amide bonds. The van der Waals surface area contributed by atoms with E-state index >= 15 is 0 Å². The van der Waals surface area contributed by atoms with Gasteiger partial charge in [0, 0.05) is 18.2 Å². The molecule has 11 nitrogen and oxygen atoms in total. The predicted molar refractivity (Wildman–Crippen MR) is 123 cm³/mol. The van der Waals surface area contributed by atoms with E-state index < -0.39 is 35.7 Å². The number of nitrogens with zero attached hydrogens (tertiary/aromatic N) is 5. The highest BCUT2D eigenvalue weighted by Gasteiger charge is 2.37. The molecule has 4 rings (SSSR count). The van der Waals surface area contributed by atoms with E-state index in [0.717, 1.165) is 6.20 Å². The van der Waals surface area contributed by atoms with Gasteiger partial charge in [-0.3, -0.25) is 0 Å². The molecule has 2 atom stereocenters. The Kier molecular flexibility index (Phi) is 6.91. The summed E-state index contributed by atoms with van der Waals surface area (Å²) in [4.78, 5) is 33.3. The van der Waals surface area contributed by atoms with Gasteiger partial charge in [-0.2, -0.15) is 5.10 Å². The van der Waals surface area contributed by atoms with E-state index in [9.17, 15) is 23.5 Å². The molecule has 36 heavy (non-hydrogen) atoms. The first-order valence-corrected chi connectivity index (χ1v) is 11.3. The molecule has 3 aromatic rings. The Labute approximate surface area is 205 Å². The molecule has 0 unspecified atom stereocenters. The van der Waals surface area contributed by atoms with Gasteiger partial charge in [0.25, 0.3) is 0 Å². The number of anilines is 1. The molecular weight excluding hydrogens is 478 g/mol. The molecule has 0 radical (unpaired) electrons. The zero-order valence-electron chi connectivity index (χ0n) is 19.9. The number of carbonyl (C=O) groups excluding carboxylic acids is 1. The van der Waals surface area contributed by atoms with Crippen molar-refractivity contribution in [2.45, 2.75) is 45.0 Å². The van der Waals surface area contributed by atoms with E-state index in [1.165, 1.54) is 23.0 Å². The van der Waals surface area contributed by atoms with Gasteiger partial charge in [0.05, 0.1) is 31.5 Å². The number of aromatic nitrogens is 4. The number of carbonyl (C=O) groups is 2. The van der Waals surface area contributed by atoms with Crippen molar-refractivity contribution in [3.05, 3.63) is 47.7 Å². The summed E-state index contributed by atoms with van der Waals surface area (Å²) in [5, 5.41) is 15.9. The molecule has 1 fully saturated rings. The standard InChI is InChI=1S/C23H26F2N6O5/c1-23(2,3)36-22(34)26-5-7-35-20-15(8-13(24)10-27-20)17-9-14(25)12-30(17)18-4-6-31-19(29-18)16(11-28-31)21(32)33/h4,6,8,10-11,14,17H,5,7,9,12H2,1-3H3,(H,26,34)(H,32,33)/t14-,17+/m0/s1. The van der Waals surface area contributed by atoms with Gasteiger partial charge in [0.2, 0.25) is 5.88 Å². The van der Waals surface area contributed by atoms with Crippen molar-refractivity contribution >= 4 is 23.5 Å². The maximum atomic E-state index is 14.6. The van der Waals surface area contributed by atoms with E-state index in [4.69, 9.17) is 9.47 Å². The van der Waals surface area contributed by atoms with Crippen molar-refractivity contribution in [1.29, 1.82) is 0 Å². The summed E-state index contributed by atoms with van der Waals surface area (Å²) in [6, 6.07) is 2.12. The summed E-state index contributed by atoms with van der Waals surface area (Å²) in [5.74, 6) is -1.43. The number of rotatable bonds is 7. The van der Waals surface area contributed by atoms with E-state index in [2.05, 4.69) is 20.4 Å². The van der Waals surface area contributed by atoms with Crippen LogP contribution in [0.3, 0.4) is 0 Å². The quantitative estimate of drug-likeness (QED) is 0.466. The number of pyridine rings is 1. The highest BCUT2D eigenvalue weighted by atomic mass is 19.1. The van der Waals surface area contributed by atoms with Crippen LogP contribution < -0.4 is 15.0 Å². The van der Waals surface area contributed by atoms with Gasteiger partial charge < -0.3 is 24.8 Å². The van der Waals surface area contributed by atoms with Crippen LogP contribution in [0.1, 0.15) is 49.2 Å². The SMILES string of the molecule is CC(C)(C)OC(=O)NCCOc1ncc(F)cc1[C@H]1C[C@H](F)CN1c1ccn2ncc(C(=O)O)c2n1. The smallest absolute Gasteiger partial charge is 0.407 e. The first-order valence-electron chi connectivity index (χ1n) is 11.3. The normalized spacial score (nSPS) is 17.9. The van der Waals surface area contributed by atoms with Crippen LogP contribution in [0, 0.1) is 5.82 Å². The molecular formula is C23H26F2N6O5. The third-order valence-electron chi connectivity index (χ3n) is 5.34. The number of fused-ring (bicyclic) bond motifs is 1. The number of ether oxygens (including phenoxy) is 2. The van der Waals surface area contributed by atoms with Gasteiger partial charge in [-0.15, -0.1) is 0 Å². The Morgan fingerprint density at radius 1 is 1.31 bits per heavy atom. The van der Waals surface area contributed by atoms with Crippen molar-refractivity contribution in [3.8, 4) is 5.88 Å². The molecule has 1 aliphatic heterocycles. The molecule has 0 saturated carbocycles. The molecule has 0 spiro atoms. The lowest BCUT2D eigenvalue weighted by atomic mass is 10.1. The van der Waals surface area contributed by atoms with E-state index in [-0.39, 0.29) is 43.2 Å². The highest BCUT2D eigenvalue weighted by molar-refractivity contribution is 5.94. The second-order valence-electron chi connectivity index (χ2n) is 9.24. The molecule has 3 aromatic heterocycles. The first kappa shape index (κ1) is 25.1. The average molecular weight is 504 g/mol. The summed E-state index contributed by atoms with van der Waals surface area (Å²) < 4.78 is 41.0. The number of amides is 1. The number of carboxylic acids is 1. The van der Waals surface area contributed by atoms with E-state index in [0.29, 0.717) is 11.4 Å². The third kappa shape index (κ3) is 5.61. The molecule has 192 valence electrons. The fourth-order valence-corrected chi connectivity index (χ4v) is 3.92. The van der Waals surface area contributed by atoms with Gasteiger partial charge in [0.15, 0.2) is 5.65 Å². The van der Waals surface area contributed by atoms with Gasteiger partial charge in [0.1, 0.15) is 35.6 Å². The molecule has 1 aliphatic rings. The minimum atomic E-state index is -1.25. The van der Waals surface area contributed by atoms with Crippen molar-refractivity contribution in [2.75, 3.05) is 24.6 Å². The number of halogens is 2. The minimum absolute atomic E-state index is 0.0126. The van der Waals surface area contributed by atoms with E-state index in [1.807, 2.05) is 0 Å². The van der Waals surface area contributed by atoms with Gasteiger partial charge in [-0.25, -0.2) is 32.9 Å². The monoisotopic (exact) mass is 504 g/mol. The predicted octanol–water partition coefficient (Wildman–Crippen LogP) is 3.15. The molecule has 13 heteroatoms. The molecule has 2 N–H and O–H groups in total. The van der Waals surface area contributed by atoms with Crippen molar-refractivity contribution in [2.24, 2.45) is 0 Å². The van der Waals surface area contributed by atoms with Crippen molar-refractivity contribution in [1.82, 2.24) is 24.9 Å². The minimum Gasteiger partial charge on any atom is -0.477 e. The number of nitrogens with one attached hydrogen (secondary N) is 1. The second kappa shape index (κ2) is 9.91. The van der Waals surface area contributed by atoms with Crippen LogP contribution in [0.15, 0.2) is 30.7 Å². The number of hydrogen-bond donors (Lipinski definition) is 2. The van der Waals surface area contributed by atoms with Gasteiger partial charge in [-0.1, -0.05) is 0 Å². The van der Waals surface area contributed by atoms with Crippen LogP contribution in [0.5, 0.6) is 5.88 Å². The van der Waals surface area contributed by atoms with Crippen LogP contribution in [0.4, 0.5) is 19.4 Å². The zero-order valence-corrected chi connectivity index (χ0v) is 19.9. The number of carboxylic acid groups (broad SMARTS) is 1. The number of alkyl halides is 1. The molecule has 4 heterocycles. The van der Waals surface area contributed by atoms with Gasteiger partial charge in [-0.05, 0) is 32.9 Å². The third-order valence-corrected chi connectivity index (χ3v) is 5.34. The van der Waals surface area contributed by atoms with Gasteiger partial charge >= 0.3 is 12.1 Å². The van der Waals surface area contributed by atoms with Crippen molar-refractivity contribution < 1.29 is 33.0 Å². The Hall–Kier alpha value is -4.03. The topological polar surface area (TPSA) is 131 Å². The number of hydrogen-bond acceptors (Lipinski definition) is 8. The van der Waals surface area contributed by atoms with E-state index in [1.54, 1.807) is 31.7 Å². The maximum Gasteiger partial charge on any atom is 0.407 e. The average Bonchev–Trinajstić information content (AvgIpc) is 3.39. The van der Waals surface area contributed by atoms with Crippen LogP contribution in [0.2, 0.25) is 0 Å². The zero-order chi connectivity index (χ0) is 26.0. The Balaban J connectivity index is 1.55. The summed E-state index contributed by atoms with van der Waals surface area (Å²) in [6.45, 7) is 5.30. The van der Waals surface area contributed by atoms with Crippen LogP contribution in [-0.2, 0) is 4.74 Å². The van der Waals surface area contributed by atoms with Crippen LogP contribution in [0.25, 0.3) is 5.65 Å². The molecule has 0 bridgehead atoms. The summed E-state index contributed by atoms with van der Waals surface area (Å²) in [6.07, 6.45) is 1.86. The summed E-state index contributed by atoms with van der Waals surface area (Å²) in [5.41, 5.74) is -0.340. The Bertz CT molecular complexity index is 1280. The Morgan fingerprint density at radius 2 is 2.08 bits per heavy atom. The summed E-state index contributed by atoms with van der Waals surface area (Å²) >= 11 is 0. The van der Waals surface area contributed by atoms with Crippen molar-refractivity contribution in [3.63, 3.8) is 0 Å². The fourth-order valence-electron chi connectivity index (χ4n) is 3.92. The number of alkyl carbamates (subject to hydrolysis) is 1. The van der Waals surface area contributed by atoms with Crippen LogP contribution in [-0.4, -0.2) is 68.2 Å². The maximum absolute atomic E-state index is 14.6. The molecule has 0 aliphatic carbocycles. The molecule has 1 saturated heterocycles. The lowest BCUT2D eigenvalue weighted by Gasteiger charge is -2.26. The fraction of sp³-hybridized carbons (Fsp3) is 0.435. The lowest BCUT2D eigenvalue weighted by molar-refractivity contribution is 0.0519. The Morgan fingerprint density at radius 3 is 2.81 bits per heavy atom. The highest BCUT2D eigenvalue weighted by Crippen LogP contribution is 2.40. The second-order valence-corrected chi connectivity index (χ2v) is 9.24. The summed E-state index contributed by atoms with van der Waals surface area (Å²) in [7, 11) is 0. The molecule has 0 aromatic carbocycles. The number of aromatic carboxylic acids is 1. The lowest BCUT2D eigenvalue weighted by Crippen LogP contribution is -2.34. The van der Waals surface area contributed by atoms with Crippen LogP contribution >= 0.6 is 0 Å². The largest absolute Gasteiger partial charge is 0.477 e. The first-order chi connectivity index (χ1) is 17.0.